The van der Waals surface area contributed by atoms with Crippen LogP contribution in [0.5, 0.6) is 0 Å². The molecule has 18 heavy (non-hydrogen) atoms. The number of nitrogens with zero attached hydrogens (tertiary/aromatic N) is 2. The number of amides is 1. The smallest absolute Gasteiger partial charge is 0.233 e. The van der Waals surface area contributed by atoms with Crippen molar-refractivity contribution in [2.75, 3.05) is 24.3 Å². The number of benzene rings is 1. The first-order valence-corrected chi connectivity index (χ1v) is 8.10. The number of thioether (sulfide) groups is 2. The Morgan fingerprint density at radius 2 is 2.22 bits per heavy atom. The van der Waals surface area contributed by atoms with Crippen molar-refractivity contribution >= 4 is 29.4 Å². The third-order valence-corrected chi connectivity index (χ3v) is 4.68. The first-order chi connectivity index (χ1) is 8.76. The third kappa shape index (κ3) is 2.82. The first-order valence-electron chi connectivity index (χ1n) is 5.66. The predicted octanol–water partition coefficient (Wildman–Crippen LogP) is 2.50. The molecule has 0 spiro atoms. The van der Waals surface area contributed by atoms with E-state index in [1.807, 2.05) is 35.4 Å². The number of hydrogen-bond donors (Lipinski definition) is 0. The van der Waals surface area contributed by atoms with Crippen LogP contribution < -0.4 is 0 Å². The lowest BCUT2D eigenvalue weighted by molar-refractivity contribution is -0.127. The summed E-state index contributed by atoms with van der Waals surface area (Å²) in [6, 6.07) is 9.62. The Balaban J connectivity index is 2.15. The van der Waals surface area contributed by atoms with Crippen molar-refractivity contribution in [1.29, 1.82) is 5.26 Å². The van der Waals surface area contributed by atoms with Gasteiger partial charge in [0.15, 0.2) is 0 Å². The summed E-state index contributed by atoms with van der Waals surface area (Å²) >= 11 is 3.41. The first kappa shape index (κ1) is 13.3. The molecule has 0 saturated carbocycles. The summed E-state index contributed by atoms with van der Waals surface area (Å²) in [5, 5.41) is 8.89. The minimum Gasteiger partial charge on any atom is -0.325 e. The van der Waals surface area contributed by atoms with Gasteiger partial charge in [0.2, 0.25) is 5.91 Å². The fourth-order valence-corrected chi connectivity index (χ4v) is 3.48. The lowest BCUT2D eigenvalue weighted by atomic mass is 10.1. The highest BCUT2D eigenvalue weighted by Gasteiger charge is 2.32. The maximum absolute atomic E-state index is 11.8. The Morgan fingerprint density at radius 3 is 2.83 bits per heavy atom. The average molecular weight is 278 g/mol. The number of rotatable bonds is 4. The Morgan fingerprint density at radius 1 is 1.50 bits per heavy atom. The van der Waals surface area contributed by atoms with E-state index in [-0.39, 0.29) is 11.3 Å². The molecule has 2 rings (SSSR count). The van der Waals surface area contributed by atoms with Gasteiger partial charge in [0, 0.05) is 12.3 Å². The van der Waals surface area contributed by atoms with Gasteiger partial charge in [-0.15, -0.1) is 11.8 Å². The molecule has 0 aliphatic carbocycles. The van der Waals surface area contributed by atoms with Gasteiger partial charge < -0.3 is 4.90 Å². The Bertz CT molecular complexity index is 467. The van der Waals surface area contributed by atoms with Crippen molar-refractivity contribution < 1.29 is 4.79 Å². The van der Waals surface area contributed by atoms with Gasteiger partial charge in [0.25, 0.3) is 0 Å². The van der Waals surface area contributed by atoms with Crippen molar-refractivity contribution in [3.63, 3.8) is 0 Å². The molecule has 1 atom stereocenters. The number of carbonyl (C=O) groups excluding carboxylic acids is 1. The van der Waals surface area contributed by atoms with Crippen LogP contribution in [0.4, 0.5) is 0 Å². The van der Waals surface area contributed by atoms with Gasteiger partial charge in [-0.3, -0.25) is 4.79 Å². The fraction of sp³-hybridized carbons (Fsp3) is 0.385. The van der Waals surface area contributed by atoms with Crippen LogP contribution in [0, 0.1) is 11.3 Å². The highest BCUT2D eigenvalue weighted by atomic mass is 32.2. The molecule has 1 aliphatic rings. The average Bonchev–Trinajstić information content (AvgIpc) is 2.78. The van der Waals surface area contributed by atoms with Gasteiger partial charge in [0.1, 0.15) is 5.37 Å². The molecule has 94 valence electrons. The van der Waals surface area contributed by atoms with Crippen molar-refractivity contribution in [2.45, 2.75) is 5.37 Å². The van der Waals surface area contributed by atoms with Crippen LogP contribution in [-0.4, -0.2) is 35.1 Å². The molecule has 5 heteroatoms. The fourth-order valence-electron chi connectivity index (χ4n) is 1.88. The molecule has 1 fully saturated rings. The van der Waals surface area contributed by atoms with E-state index in [2.05, 4.69) is 6.07 Å². The summed E-state index contributed by atoms with van der Waals surface area (Å²) in [6.45, 7) is 0.789. The molecule has 1 aromatic rings. The maximum Gasteiger partial charge on any atom is 0.233 e. The van der Waals surface area contributed by atoms with Gasteiger partial charge in [-0.05, 0) is 24.0 Å². The van der Waals surface area contributed by atoms with Gasteiger partial charge >= 0.3 is 0 Å². The van der Waals surface area contributed by atoms with Crippen LogP contribution in [0.3, 0.4) is 0 Å². The second-order valence-corrected chi connectivity index (χ2v) is 6.03. The largest absolute Gasteiger partial charge is 0.325 e. The van der Waals surface area contributed by atoms with Crippen LogP contribution in [0.2, 0.25) is 0 Å². The quantitative estimate of drug-likeness (QED) is 0.849. The Kier molecular flexibility index (Phi) is 4.56. The van der Waals surface area contributed by atoms with E-state index in [0.717, 1.165) is 17.9 Å². The SMILES string of the molecule is CSCCN1C(=O)CSC1c1ccc(C#N)cc1. The van der Waals surface area contributed by atoms with Gasteiger partial charge in [-0.25, -0.2) is 0 Å². The standard InChI is InChI=1S/C13H14N2OS2/c1-17-7-6-15-12(16)9-18-13(15)11-4-2-10(8-14)3-5-11/h2-5,13H,6-7,9H2,1H3. The number of nitriles is 1. The summed E-state index contributed by atoms with van der Waals surface area (Å²) in [5.74, 6) is 1.72. The summed E-state index contributed by atoms with van der Waals surface area (Å²) in [7, 11) is 0. The molecule has 0 radical (unpaired) electrons. The van der Waals surface area contributed by atoms with Crippen LogP contribution in [-0.2, 0) is 4.79 Å². The van der Waals surface area contributed by atoms with Crippen LogP contribution >= 0.6 is 23.5 Å². The molecule has 1 aliphatic heterocycles. The van der Waals surface area contributed by atoms with E-state index < -0.39 is 0 Å². The van der Waals surface area contributed by atoms with Crippen molar-refractivity contribution in [3.05, 3.63) is 35.4 Å². The summed E-state index contributed by atoms with van der Waals surface area (Å²) in [5.41, 5.74) is 1.76. The van der Waals surface area contributed by atoms with E-state index >= 15 is 0 Å². The molecule has 1 amide bonds. The van der Waals surface area contributed by atoms with E-state index in [1.54, 1.807) is 23.5 Å². The summed E-state index contributed by atoms with van der Waals surface area (Å²) in [4.78, 5) is 13.8. The topological polar surface area (TPSA) is 44.1 Å². The molecule has 0 aromatic heterocycles. The van der Waals surface area contributed by atoms with Gasteiger partial charge in [-0.2, -0.15) is 17.0 Å². The van der Waals surface area contributed by atoms with Gasteiger partial charge in [0.05, 0.1) is 17.4 Å². The van der Waals surface area contributed by atoms with E-state index in [4.69, 9.17) is 5.26 Å². The normalized spacial score (nSPS) is 19.0. The molecule has 0 N–H and O–H groups in total. The second-order valence-electron chi connectivity index (χ2n) is 3.98. The summed E-state index contributed by atoms with van der Waals surface area (Å²) in [6.07, 6.45) is 2.05. The highest BCUT2D eigenvalue weighted by Crippen LogP contribution is 2.38. The highest BCUT2D eigenvalue weighted by molar-refractivity contribution is 8.00. The molecule has 1 aromatic carbocycles. The maximum atomic E-state index is 11.8. The monoisotopic (exact) mass is 278 g/mol. The second kappa shape index (κ2) is 6.17. The zero-order valence-electron chi connectivity index (χ0n) is 10.1. The minimum atomic E-state index is 0.109. The summed E-state index contributed by atoms with van der Waals surface area (Å²) < 4.78 is 0. The molecular weight excluding hydrogens is 264 g/mol. The minimum absolute atomic E-state index is 0.109. The zero-order valence-corrected chi connectivity index (χ0v) is 11.8. The van der Waals surface area contributed by atoms with E-state index in [9.17, 15) is 4.79 Å². The Hall–Kier alpha value is -1.12. The molecule has 1 heterocycles. The van der Waals surface area contributed by atoms with Crippen molar-refractivity contribution in [2.24, 2.45) is 0 Å². The lowest BCUT2D eigenvalue weighted by Crippen LogP contribution is -2.30. The predicted molar refractivity (Wildman–Crippen MR) is 76.5 cm³/mol. The Labute approximate surface area is 116 Å². The van der Waals surface area contributed by atoms with Gasteiger partial charge in [-0.1, -0.05) is 12.1 Å². The van der Waals surface area contributed by atoms with Crippen molar-refractivity contribution in [3.8, 4) is 6.07 Å². The molecule has 1 saturated heterocycles. The van der Waals surface area contributed by atoms with E-state index in [1.165, 1.54) is 0 Å². The number of carbonyl (C=O) groups is 1. The lowest BCUT2D eigenvalue weighted by Gasteiger charge is -2.23. The molecule has 0 bridgehead atoms. The number of hydrogen-bond acceptors (Lipinski definition) is 4. The van der Waals surface area contributed by atoms with E-state index in [0.29, 0.717) is 11.3 Å². The molecule has 3 nitrogen and oxygen atoms in total. The van der Waals surface area contributed by atoms with Crippen molar-refractivity contribution in [1.82, 2.24) is 4.90 Å². The third-order valence-electron chi connectivity index (χ3n) is 2.83. The molecular formula is C13H14N2OS2. The van der Waals surface area contributed by atoms with Crippen LogP contribution in [0.1, 0.15) is 16.5 Å². The van der Waals surface area contributed by atoms with Crippen LogP contribution in [0.15, 0.2) is 24.3 Å². The van der Waals surface area contributed by atoms with Crippen LogP contribution in [0.25, 0.3) is 0 Å². The zero-order chi connectivity index (χ0) is 13.0. The molecule has 1 unspecified atom stereocenters.